The van der Waals surface area contributed by atoms with Crippen LogP contribution in [0.3, 0.4) is 0 Å². The molecule has 1 aromatic carbocycles. The molecule has 0 spiro atoms. The maximum atomic E-state index is 9.97. The van der Waals surface area contributed by atoms with E-state index in [1.807, 2.05) is 29.2 Å². The number of hydrogen-bond donors (Lipinski definition) is 3. The van der Waals surface area contributed by atoms with Crippen molar-refractivity contribution < 1.29 is 9.63 Å². The van der Waals surface area contributed by atoms with Crippen LogP contribution < -0.4 is 16.4 Å². The Morgan fingerprint density at radius 2 is 2.00 bits per heavy atom. The Labute approximate surface area is 177 Å². The first-order valence-electron chi connectivity index (χ1n) is 9.89. The van der Waals surface area contributed by atoms with Crippen molar-refractivity contribution in [3.05, 3.63) is 59.8 Å². The molecule has 3 rings (SSSR count). The highest BCUT2D eigenvalue weighted by atomic mass is 16.5. The molecule has 0 amide bonds. The number of rotatable bonds is 7. The van der Waals surface area contributed by atoms with Crippen LogP contribution in [0.4, 0.5) is 6.01 Å². The Kier molecular flexibility index (Phi) is 5.72. The molecule has 0 saturated carbocycles. The van der Waals surface area contributed by atoms with Crippen LogP contribution in [-0.4, -0.2) is 40.2 Å². The molecule has 8 heteroatoms. The Bertz CT molecular complexity index is 966. The second kappa shape index (κ2) is 7.95. The lowest BCUT2D eigenvalue weighted by Gasteiger charge is -2.42. The highest BCUT2D eigenvalue weighted by Gasteiger charge is 2.42. The fourth-order valence-electron chi connectivity index (χ4n) is 3.56. The van der Waals surface area contributed by atoms with Gasteiger partial charge in [0.1, 0.15) is 5.82 Å². The van der Waals surface area contributed by atoms with Gasteiger partial charge in [0.25, 0.3) is 0 Å². The smallest absolute Gasteiger partial charge is 0.324 e. The number of nitrogens with two attached hydrogens (primary N) is 2. The molecule has 2 heterocycles. The maximum Gasteiger partial charge on any atom is 0.324 e. The predicted octanol–water partition coefficient (Wildman–Crippen LogP) is 2.40. The summed E-state index contributed by atoms with van der Waals surface area (Å²) in [5.41, 5.74) is 12.8. The van der Waals surface area contributed by atoms with Crippen LogP contribution in [0.25, 0.3) is 5.57 Å². The van der Waals surface area contributed by atoms with Gasteiger partial charge in [0, 0.05) is 18.0 Å². The summed E-state index contributed by atoms with van der Waals surface area (Å²) in [4.78, 5) is 10.5. The molecule has 1 unspecified atom stereocenters. The molecule has 1 aromatic heterocycles. The van der Waals surface area contributed by atoms with Gasteiger partial charge in [-0.2, -0.15) is 4.98 Å². The zero-order valence-corrected chi connectivity index (χ0v) is 18.0. The molecule has 1 saturated heterocycles. The van der Waals surface area contributed by atoms with Gasteiger partial charge in [-0.1, -0.05) is 49.8 Å². The van der Waals surface area contributed by atoms with Crippen molar-refractivity contribution in [1.82, 2.24) is 10.1 Å². The number of hydrogen-bond acceptors (Lipinski definition) is 8. The van der Waals surface area contributed by atoms with Crippen molar-refractivity contribution >= 4 is 17.8 Å². The summed E-state index contributed by atoms with van der Waals surface area (Å²) in [5, 5.41) is 14.2. The summed E-state index contributed by atoms with van der Waals surface area (Å²) in [6, 6.07) is 8.47. The number of allylic oxidation sites excluding steroid dienone is 1. The fourth-order valence-corrected chi connectivity index (χ4v) is 3.56. The molecule has 2 aromatic rings. The quantitative estimate of drug-likeness (QED) is 0.598. The first-order valence-corrected chi connectivity index (χ1v) is 9.89. The molecule has 0 bridgehead atoms. The van der Waals surface area contributed by atoms with E-state index in [9.17, 15) is 5.11 Å². The summed E-state index contributed by atoms with van der Waals surface area (Å²) < 4.78 is 5.50. The van der Waals surface area contributed by atoms with Crippen molar-refractivity contribution in [2.45, 2.75) is 38.7 Å². The van der Waals surface area contributed by atoms with E-state index >= 15 is 0 Å². The highest BCUT2D eigenvalue weighted by molar-refractivity contribution is 6.09. The normalized spacial score (nSPS) is 18.5. The lowest BCUT2D eigenvalue weighted by molar-refractivity contribution is 0.0272. The number of nitrogens with zero attached hydrogens (tertiary/aromatic N) is 4. The molecule has 5 N–H and O–H groups in total. The van der Waals surface area contributed by atoms with Gasteiger partial charge >= 0.3 is 6.01 Å². The third-order valence-electron chi connectivity index (χ3n) is 5.73. The second-order valence-electron chi connectivity index (χ2n) is 8.56. The van der Waals surface area contributed by atoms with Gasteiger partial charge in [0.2, 0.25) is 0 Å². The molecule has 30 heavy (non-hydrogen) atoms. The zero-order valence-electron chi connectivity index (χ0n) is 18.0. The number of β-amino-alcohol motifs (C(OH)–C–C–N with tert-alkyl or cyclic N) is 1. The molecule has 0 aliphatic carbocycles. The third-order valence-corrected chi connectivity index (χ3v) is 5.73. The molecule has 160 valence electrons. The van der Waals surface area contributed by atoms with Gasteiger partial charge in [-0.05, 0) is 30.9 Å². The van der Waals surface area contributed by atoms with E-state index in [2.05, 4.69) is 42.5 Å². The number of aromatic nitrogens is 2. The molecule has 1 atom stereocenters. The molecule has 1 fully saturated rings. The lowest BCUT2D eigenvalue weighted by atomic mass is 9.72. The van der Waals surface area contributed by atoms with Crippen molar-refractivity contribution in [1.29, 1.82) is 0 Å². The number of benzene rings is 1. The Hall–Kier alpha value is -3.13. The lowest BCUT2D eigenvalue weighted by Crippen LogP contribution is -2.60. The number of anilines is 1. The summed E-state index contributed by atoms with van der Waals surface area (Å²) in [7, 11) is 0. The fraction of sp³-hybridized carbons (Fsp3) is 0.409. The van der Waals surface area contributed by atoms with E-state index in [0.29, 0.717) is 24.9 Å². The van der Waals surface area contributed by atoms with Crippen LogP contribution in [0.15, 0.2) is 52.4 Å². The van der Waals surface area contributed by atoms with Crippen LogP contribution in [0.2, 0.25) is 0 Å². The second-order valence-corrected chi connectivity index (χ2v) is 8.56. The Morgan fingerprint density at radius 3 is 2.50 bits per heavy atom. The Morgan fingerprint density at radius 1 is 1.37 bits per heavy atom. The van der Waals surface area contributed by atoms with Gasteiger partial charge < -0.3 is 26.0 Å². The van der Waals surface area contributed by atoms with Crippen molar-refractivity contribution in [3.8, 4) is 0 Å². The molecule has 1 aliphatic rings. The van der Waals surface area contributed by atoms with E-state index in [4.69, 9.17) is 16.0 Å². The Balaban J connectivity index is 1.89. The van der Waals surface area contributed by atoms with Crippen LogP contribution in [-0.2, 0) is 5.41 Å². The van der Waals surface area contributed by atoms with E-state index in [1.165, 1.54) is 6.20 Å². The van der Waals surface area contributed by atoms with Gasteiger partial charge in [-0.25, -0.2) is 4.99 Å². The largest absolute Gasteiger partial charge is 0.404 e. The van der Waals surface area contributed by atoms with Crippen molar-refractivity contribution in [2.75, 3.05) is 18.0 Å². The van der Waals surface area contributed by atoms with Crippen molar-refractivity contribution in [3.63, 3.8) is 0 Å². The van der Waals surface area contributed by atoms with E-state index < -0.39 is 11.0 Å². The van der Waals surface area contributed by atoms with Gasteiger partial charge in [0.15, 0.2) is 5.82 Å². The van der Waals surface area contributed by atoms with Crippen molar-refractivity contribution in [2.24, 2.45) is 22.4 Å². The average molecular weight is 411 g/mol. The molecular formula is C22H30N6O2. The number of aliphatic imine (C=N–C) groups is 1. The van der Waals surface area contributed by atoms with Gasteiger partial charge in [-0.15, -0.1) is 0 Å². The minimum Gasteiger partial charge on any atom is -0.404 e. The average Bonchev–Trinajstić information content (AvgIpc) is 3.16. The van der Waals surface area contributed by atoms with Crippen LogP contribution >= 0.6 is 0 Å². The SMILES string of the molecule is C=C(N)/N=C\C(=C/N)c1ccc(C(C)(c2noc(N3CC(C)(O)C3)n2)C(C)C)cc1. The zero-order chi connectivity index (χ0) is 22.1. The first kappa shape index (κ1) is 21.6. The molecule has 1 aliphatic heterocycles. The summed E-state index contributed by atoms with van der Waals surface area (Å²) in [6.07, 6.45) is 3.07. The summed E-state index contributed by atoms with van der Waals surface area (Å²) in [5.74, 6) is 1.04. The third kappa shape index (κ3) is 4.09. The van der Waals surface area contributed by atoms with Crippen LogP contribution in [0.5, 0.6) is 0 Å². The molecule has 8 nitrogen and oxygen atoms in total. The number of aliphatic hydroxyl groups is 1. The predicted molar refractivity (Wildman–Crippen MR) is 119 cm³/mol. The minimum atomic E-state index is -0.709. The topological polar surface area (TPSA) is 127 Å². The summed E-state index contributed by atoms with van der Waals surface area (Å²) in [6.45, 7) is 12.7. The summed E-state index contributed by atoms with van der Waals surface area (Å²) >= 11 is 0. The molecular weight excluding hydrogens is 380 g/mol. The van der Waals surface area contributed by atoms with E-state index in [1.54, 1.807) is 13.1 Å². The standard InChI is InChI=1S/C22H30N6O2/c1-14(2)22(5,19-26-20(30-27-19)28-12-21(4,29)13-28)18-8-6-16(7-9-18)17(10-23)11-25-15(3)24/h6-11,14,29H,3,12-13,23-24H2,1-2,4-5H3/b17-10+,25-11-. The minimum absolute atomic E-state index is 0.208. The maximum absolute atomic E-state index is 9.97. The molecule has 0 radical (unpaired) electrons. The van der Waals surface area contributed by atoms with E-state index in [0.717, 1.165) is 16.7 Å². The van der Waals surface area contributed by atoms with E-state index in [-0.39, 0.29) is 11.7 Å². The highest BCUT2D eigenvalue weighted by Crippen LogP contribution is 2.39. The first-order chi connectivity index (χ1) is 14.1. The monoisotopic (exact) mass is 410 g/mol. The van der Waals surface area contributed by atoms with Gasteiger partial charge in [-0.3, -0.25) is 0 Å². The van der Waals surface area contributed by atoms with Crippen LogP contribution in [0, 0.1) is 5.92 Å². The van der Waals surface area contributed by atoms with Gasteiger partial charge in [0.05, 0.1) is 24.1 Å². The van der Waals surface area contributed by atoms with Crippen LogP contribution in [0.1, 0.15) is 44.6 Å².